The van der Waals surface area contributed by atoms with Crippen molar-refractivity contribution in [3.8, 4) is 10.4 Å². The summed E-state index contributed by atoms with van der Waals surface area (Å²) >= 11 is 1.48. The van der Waals surface area contributed by atoms with E-state index in [1.807, 2.05) is 6.07 Å². The van der Waals surface area contributed by atoms with E-state index < -0.39 is 17.9 Å². The minimum atomic E-state index is -1.06. The van der Waals surface area contributed by atoms with Crippen LogP contribution in [0.4, 0.5) is 5.82 Å². The van der Waals surface area contributed by atoms with Gasteiger partial charge in [0.05, 0.1) is 16.5 Å². The van der Waals surface area contributed by atoms with E-state index >= 15 is 0 Å². The quantitative estimate of drug-likeness (QED) is 0.340. The standard InChI is InChI=1S/C28H32N4O4S/c33-27(21-4-1-3-20(15-21)25-16-29-17-37-25)32-24(28(34)35)10-12-36-23-13-18(14-23)6-8-22-9-7-19-5-2-11-30-26(19)31-22/h1,3-4,7,9,15-18,23-24H,2,5-6,8,10-14H2,(H,30,31)(H,32,33)(H,34,35)/t18-,23+,24-/m0/s1. The summed E-state index contributed by atoms with van der Waals surface area (Å²) in [6.07, 6.45) is 8.40. The minimum Gasteiger partial charge on any atom is -0.480 e. The number of carboxylic acid groups (broad SMARTS) is 1. The summed E-state index contributed by atoms with van der Waals surface area (Å²) in [5.41, 5.74) is 5.48. The molecule has 8 nitrogen and oxygen atoms in total. The lowest BCUT2D eigenvalue weighted by Gasteiger charge is -2.35. The van der Waals surface area contributed by atoms with E-state index in [2.05, 4.69) is 27.8 Å². The number of aliphatic carboxylic acids is 1. The molecule has 3 N–H and O–H groups in total. The molecule has 1 fully saturated rings. The van der Waals surface area contributed by atoms with E-state index in [0.29, 0.717) is 18.1 Å². The molecule has 3 aromatic rings. The fraction of sp³-hybridized carbons (Fsp3) is 0.429. The van der Waals surface area contributed by atoms with Gasteiger partial charge in [-0.2, -0.15) is 0 Å². The third-order valence-corrected chi connectivity index (χ3v) is 7.98. The second-order valence-electron chi connectivity index (χ2n) is 9.81. The monoisotopic (exact) mass is 520 g/mol. The molecule has 0 radical (unpaired) electrons. The van der Waals surface area contributed by atoms with Crippen LogP contribution in [0.3, 0.4) is 0 Å². The third kappa shape index (κ3) is 6.53. The number of hydrogen-bond donors (Lipinski definition) is 3. The van der Waals surface area contributed by atoms with Crippen molar-refractivity contribution in [1.29, 1.82) is 0 Å². The molecule has 1 atom stereocenters. The molecule has 5 rings (SSSR count). The van der Waals surface area contributed by atoms with Gasteiger partial charge in [0.15, 0.2) is 0 Å². The summed E-state index contributed by atoms with van der Waals surface area (Å²) < 4.78 is 5.92. The van der Waals surface area contributed by atoms with Crippen molar-refractivity contribution >= 4 is 29.0 Å². The van der Waals surface area contributed by atoms with Crippen LogP contribution in [0.5, 0.6) is 0 Å². The fourth-order valence-electron chi connectivity index (χ4n) is 4.93. The number of anilines is 1. The van der Waals surface area contributed by atoms with Crippen LogP contribution in [0.2, 0.25) is 0 Å². The average molecular weight is 521 g/mol. The lowest BCUT2D eigenvalue weighted by molar-refractivity contribution is -0.140. The molecule has 1 aromatic carbocycles. The Morgan fingerprint density at radius 1 is 1.24 bits per heavy atom. The molecule has 0 saturated heterocycles. The van der Waals surface area contributed by atoms with E-state index in [4.69, 9.17) is 9.72 Å². The highest BCUT2D eigenvalue weighted by Gasteiger charge is 2.30. The Labute approximate surface area is 220 Å². The van der Waals surface area contributed by atoms with Gasteiger partial charge in [0, 0.05) is 37.0 Å². The minimum absolute atomic E-state index is 0.157. The van der Waals surface area contributed by atoms with Gasteiger partial charge in [-0.25, -0.2) is 9.78 Å². The zero-order chi connectivity index (χ0) is 25.6. The fourth-order valence-corrected chi connectivity index (χ4v) is 5.55. The van der Waals surface area contributed by atoms with Crippen LogP contribution in [0.25, 0.3) is 10.4 Å². The molecule has 2 aromatic heterocycles. The lowest BCUT2D eigenvalue weighted by Crippen LogP contribution is -2.42. The van der Waals surface area contributed by atoms with Crippen LogP contribution in [-0.4, -0.2) is 52.2 Å². The highest BCUT2D eigenvalue weighted by atomic mass is 32.1. The van der Waals surface area contributed by atoms with E-state index in [-0.39, 0.29) is 12.5 Å². The number of thiazole rings is 1. The molecule has 9 heteroatoms. The number of aryl methyl sites for hydroxylation is 2. The van der Waals surface area contributed by atoms with Crippen LogP contribution in [-0.2, 0) is 22.4 Å². The summed E-state index contributed by atoms with van der Waals surface area (Å²) in [5, 5.41) is 15.7. The van der Waals surface area contributed by atoms with E-state index in [9.17, 15) is 14.7 Å². The molecule has 1 aliphatic heterocycles. The molecule has 0 bridgehead atoms. The first kappa shape index (κ1) is 25.4. The largest absolute Gasteiger partial charge is 0.480 e. The Morgan fingerprint density at radius 2 is 2.14 bits per heavy atom. The number of nitrogens with one attached hydrogen (secondary N) is 2. The average Bonchev–Trinajstić information content (AvgIpc) is 3.44. The van der Waals surface area contributed by atoms with E-state index in [0.717, 1.165) is 60.6 Å². The molecular weight excluding hydrogens is 488 g/mol. The second-order valence-corrected chi connectivity index (χ2v) is 10.7. The van der Waals surface area contributed by atoms with E-state index in [1.165, 1.54) is 23.3 Å². The maximum Gasteiger partial charge on any atom is 0.326 e. The number of ether oxygens (including phenoxy) is 1. The molecule has 0 unspecified atom stereocenters. The topological polar surface area (TPSA) is 113 Å². The first-order chi connectivity index (χ1) is 18.0. The van der Waals surface area contributed by atoms with Gasteiger partial charge < -0.3 is 20.5 Å². The van der Waals surface area contributed by atoms with E-state index in [1.54, 1.807) is 29.9 Å². The zero-order valence-electron chi connectivity index (χ0n) is 20.7. The number of carbonyl (C=O) groups excluding carboxylic acids is 1. The number of hydrogen-bond acceptors (Lipinski definition) is 7. The predicted molar refractivity (Wildman–Crippen MR) is 143 cm³/mol. The Bertz CT molecular complexity index is 1230. The number of fused-ring (bicyclic) bond motifs is 1. The van der Waals surface area contributed by atoms with Gasteiger partial charge in [0.25, 0.3) is 5.91 Å². The third-order valence-electron chi connectivity index (χ3n) is 7.16. The summed E-state index contributed by atoms with van der Waals surface area (Å²) in [7, 11) is 0. The number of carbonyl (C=O) groups is 2. The number of carboxylic acids is 1. The Hall–Kier alpha value is -3.30. The van der Waals surface area contributed by atoms with Crippen LogP contribution in [0.1, 0.15) is 53.7 Å². The second kappa shape index (κ2) is 11.8. The lowest BCUT2D eigenvalue weighted by atomic mass is 9.79. The first-order valence-electron chi connectivity index (χ1n) is 12.9. The normalized spacial score (nSPS) is 19.2. The molecule has 194 valence electrons. The number of nitrogens with zero attached hydrogens (tertiary/aromatic N) is 2. The van der Waals surface area contributed by atoms with Gasteiger partial charge in [-0.1, -0.05) is 18.2 Å². The summed E-state index contributed by atoms with van der Waals surface area (Å²) in [6, 6.07) is 10.5. The molecular formula is C28H32N4O4S. The van der Waals surface area contributed by atoms with Crippen LogP contribution < -0.4 is 10.6 Å². The highest BCUT2D eigenvalue weighted by Crippen LogP contribution is 2.34. The molecule has 0 spiro atoms. The van der Waals surface area contributed by atoms with Gasteiger partial charge in [0.2, 0.25) is 0 Å². The number of amides is 1. The number of aromatic nitrogens is 2. The first-order valence-corrected chi connectivity index (χ1v) is 13.8. The molecule has 1 aliphatic carbocycles. The summed E-state index contributed by atoms with van der Waals surface area (Å²) in [6.45, 7) is 1.30. The number of rotatable bonds is 11. The molecule has 2 aliphatic rings. The van der Waals surface area contributed by atoms with Gasteiger partial charge in [0.1, 0.15) is 11.9 Å². The van der Waals surface area contributed by atoms with Crippen LogP contribution in [0, 0.1) is 5.92 Å². The molecule has 1 saturated carbocycles. The smallest absolute Gasteiger partial charge is 0.326 e. The van der Waals surface area contributed by atoms with Crippen molar-refractivity contribution in [3.05, 3.63) is 64.9 Å². The molecule has 3 heterocycles. The SMILES string of the molecule is O=C(N[C@@H](CCO[C@H]1C[C@@H](CCc2ccc3c(n2)NCCC3)C1)C(=O)O)c1cccc(-c2cncs2)c1. The highest BCUT2D eigenvalue weighted by molar-refractivity contribution is 7.13. The zero-order valence-corrected chi connectivity index (χ0v) is 21.5. The van der Waals surface area contributed by atoms with Crippen LogP contribution in [0.15, 0.2) is 48.1 Å². The van der Waals surface area contributed by atoms with Crippen molar-refractivity contribution < 1.29 is 19.4 Å². The maximum atomic E-state index is 12.7. The molecule has 37 heavy (non-hydrogen) atoms. The Balaban J connectivity index is 1.03. The van der Waals surface area contributed by atoms with Crippen molar-refractivity contribution in [3.63, 3.8) is 0 Å². The van der Waals surface area contributed by atoms with Crippen LogP contribution >= 0.6 is 11.3 Å². The van der Waals surface area contributed by atoms with Crippen molar-refractivity contribution in [1.82, 2.24) is 15.3 Å². The molecule has 1 amide bonds. The van der Waals surface area contributed by atoms with Crippen molar-refractivity contribution in [2.24, 2.45) is 5.92 Å². The Morgan fingerprint density at radius 3 is 2.95 bits per heavy atom. The van der Waals surface area contributed by atoms with Gasteiger partial charge in [-0.15, -0.1) is 11.3 Å². The number of benzene rings is 1. The van der Waals surface area contributed by atoms with Gasteiger partial charge >= 0.3 is 5.97 Å². The van der Waals surface area contributed by atoms with Crippen molar-refractivity contribution in [2.75, 3.05) is 18.5 Å². The number of pyridine rings is 1. The van der Waals surface area contributed by atoms with Gasteiger partial charge in [-0.3, -0.25) is 9.78 Å². The van der Waals surface area contributed by atoms with Gasteiger partial charge in [-0.05, 0) is 73.8 Å². The maximum absolute atomic E-state index is 12.7. The summed E-state index contributed by atoms with van der Waals surface area (Å²) in [5.74, 6) is 0.185. The van der Waals surface area contributed by atoms with Crippen molar-refractivity contribution in [2.45, 2.75) is 57.1 Å². The Kier molecular flexibility index (Phi) is 8.11. The predicted octanol–water partition coefficient (Wildman–Crippen LogP) is 4.56. The summed E-state index contributed by atoms with van der Waals surface area (Å²) in [4.78, 5) is 34.3.